The number of esters is 2. The number of rotatable bonds is 13. The minimum atomic E-state index is -1.89. The molecule has 3 aliphatic heterocycles. The van der Waals surface area contributed by atoms with Gasteiger partial charge in [0.05, 0.1) is 47.3 Å². The van der Waals surface area contributed by atoms with Crippen molar-refractivity contribution in [2.45, 2.75) is 126 Å². The predicted molar refractivity (Wildman–Crippen MR) is 222 cm³/mol. The summed E-state index contributed by atoms with van der Waals surface area (Å²) in [6.45, 7) is 10.7. The second-order valence-electron chi connectivity index (χ2n) is 19.6. The Balaban J connectivity index is 1.21. The first-order valence-corrected chi connectivity index (χ1v) is 22.2. The zero-order valence-electron chi connectivity index (χ0n) is 37.4. The van der Waals surface area contributed by atoms with Gasteiger partial charge in [0.15, 0.2) is 12.4 Å². The van der Waals surface area contributed by atoms with Gasteiger partial charge in [0, 0.05) is 46.1 Å². The number of likely N-dealkylation sites (tertiary alicyclic amines) is 1. The molecule has 7 fully saturated rings. The zero-order valence-corrected chi connectivity index (χ0v) is 37.4. The molecule has 3 saturated heterocycles. The highest BCUT2D eigenvalue weighted by atomic mass is 16.8. The van der Waals surface area contributed by atoms with E-state index < -0.39 is 107 Å². The van der Waals surface area contributed by atoms with Gasteiger partial charge in [-0.2, -0.15) is 0 Å². The van der Waals surface area contributed by atoms with Crippen LogP contribution in [0.5, 0.6) is 0 Å². The summed E-state index contributed by atoms with van der Waals surface area (Å²) < 4.78 is 66.0. The number of methoxy groups -OCH3 is 3. The Hall–Kier alpha value is -3.71. The molecule has 63 heavy (non-hydrogen) atoms. The molecular formula is C47H62N2O14. The van der Waals surface area contributed by atoms with Crippen LogP contribution in [0.3, 0.4) is 0 Å². The first-order chi connectivity index (χ1) is 30.2. The number of aliphatic hydroxyl groups excluding tert-OH is 1. The lowest BCUT2D eigenvalue weighted by molar-refractivity contribution is -0.266. The highest BCUT2D eigenvalue weighted by Gasteiger charge is 2.93. The lowest BCUT2D eigenvalue weighted by Gasteiger charge is -2.65. The molecule has 3 spiro atoms. The number of ether oxygens (including phenoxy) is 10. The van der Waals surface area contributed by atoms with Crippen LogP contribution >= 0.6 is 0 Å². The van der Waals surface area contributed by atoms with E-state index in [0.29, 0.717) is 30.6 Å². The summed E-state index contributed by atoms with van der Waals surface area (Å²) >= 11 is 0. The Morgan fingerprint density at radius 3 is 2.32 bits per heavy atom. The number of hydrogen-bond acceptors (Lipinski definition) is 15. The monoisotopic (exact) mass is 878 g/mol. The number of piperidine rings is 1. The maximum atomic E-state index is 14.8. The van der Waals surface area contributed by atoms with Crippen molar-refractivity contribution in [1.29, 1.82) is 0 Å². The predicted octanol–water partition coefficient (Wildman–Crippen LogP) is 4.38. The summed E-state index contributed by atoms with van der Waals surface area (Å²) in [4.78, 5) is 45.1. The van der Waals surface area contributed by atoms with Gasteiger partial charge in [-0.25, -0.2) is 14.4 Å². The molecule has 344 valence electrons. The molecule has 16 heteroatoms. The molecule has 4 saturated carbocycles. The van der Waals surface area contributed by atoms with E-state index in [4.69, 9.17) is 47.4 Å². The van der Waals surface area contributed by atoms with Gasteiger partial charge in [0.25, 0.3) is 0 Å². The topological polar surface area (TPSA) is 179 Å². The number of carbonyl (C=O) groups excluding carboxylic acids is 3. The minimum absolute atomic E-state index is 0.0596. The van der Waals surface area contributed by atoms with Crippen molar-refractivity contribution in [2.24, 2.45) is 28.6 Å². The van der Waals surface area contributed by atoms with Crippen LogP contribution in [-0.2, 0) is 52.2 Å². The molecule has 1 unspecified atom stereocenters. The molecule has 2 aromatic carbocycles. The van der Waals surface area contributed by atoms with Crippen LogP contribution in [-0.4, -0.2) is 142 Å². The maximum Gasteiger partial charge on any atom is 0.408 e. The Labute approximate surface area is 368 Å². The Kier molecular flexibility index (Phi) is 11.5. The van der Waals surface area contributed by atoms with E-state index in [1.807, 2.05) is 6.07 Å². The minimum Gasteiger partial charge on any atom is -0.460 e. The van der Waals surface area contributed by atoms with Crippen LogP contribution in [0.2, 0.25) is 0 Å². The van der Waals surface area contributed by atoms with Crippen molar-refractivity contribution in [2.75, 3.05) is 48.0 Å². The zero-order chi connectivity index (χ0) is 44.7. The smallest absolute Gasteiger partial charge is 0.408 e. The lowest BCUT2D eigenvalue weighted by atomic mass is 9.47. The van der Waals surface area contributed by atoms with Crippen LogP contribution in [0.15, 0.2) is 60.7 Å². The number of benzene rings is 2. The summed E-state index contributed by atoms with van der Waals surface area (Å²) in [6.07, 6.45) is -6.11. The number of carbonyl (C=O) groups is 3. The van der Waals surface area contributed by atoms with Crippen molar-refractivity contribution in [3.8, 4) is 0 Å². The number of hydrogen-bond donors (Lipinski definition) is 2. The Morgan fingerprint density at radius 2 is 1.67 bits per heavy atom. The number of nitrogens with one attached hydrogen (secondary N) is 1. The maximum absolute atomic E-state index is 14.8. The first kappa shape index (κ1) is 44.5. The van der Waals surface area contributed by atoms with Crippen molar-refractivity contribution in [3.05, 3.63) is 71.8 Å². The molecule has 3 heterocycles. The molecule has 4 aliphatic carbocycles. The van der Waals surface area contributed by atoms with Gasteiger partial charge < -0.3 is 57.8 Å². The number of nitrogens with zero attached hydrogens (tertiary/aromatic N) is 1. The molecule has 9 rings (SSSR count). The van der Waals surface area contributed by atoms with Crippen molar-refractivity contribution in [3.63, 3.8) is 0 Å². The fourth-order valence-corrected chi connectivity index (χ4v) is 13.7. The summed E-state index contributed by atoms with van der Waals surface area (Å²) in [5.41, 5.74) is -4.09. The standard InChI is InChI=1S/C47H62N2O14/c1-9-49-23-44(5)21-20-29(55-7)46-34(44)37(57-24-54-6)47(41(46)49)45(58-25-59-47)22-28(30-31(35(45)62-40(30)56-8)36(46)61-38(51)27-18-14-11-15-19-27)60-39(52)33(50)32(26-16-12-10-13-17-26)48-42(53)63-43(2,3)4/h10-19,28-37,40-41,50H,9,20-25H2,1-8H3,(H,48,53)/t28-,29-,30-,31+,32-,33+,34+,35-,36+,37-,40?,41-,44-,45+,46-,47+/m0/s1. The molecular weight excluding hydrogens is 817 g/mol. The molecule has 16 nitrogen and oxygen atoms in total. The second kappa shape index (κ2) is 16.3. The number of likely N-dealkylation sites (N-methyl/N-ethyl adjacent to an activating group) is 1. The molecule has 2 aromatic rings. The van der Waals surface area contributed by atoms with Crippen molar-refractivity contribution >= 4 is 18.0 Å². The van der Waals surface area contributed by atoms with Crippen LogP contribution in [0.25, 0.3) is 0 Å². The van der Waals surface area contributed by atoms with E-state index in [9.17, 15) is 19.5 Å². The average Bonchev–Trinajstić information content (AvgIpc) is 3.85. The van der Waals surface area contributed by atoms with E-state index in [2.05, 4.69) is 24.1 Å². The van der Waals surface area contributed by atoms with Gasteiger partial charge in [-0.05, 0) is 63.3 Å². The third-order valence-electron chi connectivity index (χ3n) is 15.4. The van der Waals surface area contributed by atoms with Crippen LogP contribution in [0.1, 0.15) is 75.8 Å². The summed E-state index contributed by atoms with van der Waals surface area (Å²) in [7, 11) is 4.81. The third kappa shape index (κ3) is 6.52. The highest BCUT2D eigenvalue weighted by Crippen LogP contribution is 2.78. The van der Waals surface area contributed by atoms with Gasteiger partial charge in [-0.15, -0.1) is 0 Å². The molecule has 0 aromatic heterocycles. The summed E-state index contributed by atoms with van der Waals surface area (Å²) in [6, 6.07) is 15.8. The largest absolute Gasteiger partial charge is 0.460 e. The van der Waals surface area contributed by atoms with Crippen molar-refractivity contribution in [1.82, 2.24) is 10.2 Å². The highest BCUT2D eigenvalue weighted by molar-refractivity contribution is 5.89. The second-order valence-corrected chi connectivity index (χ2v) is 19.6. The number of alkyl carbamates (subject to hydrolysis) is 1. The third-order valence-corrected chi connectivity index (χ3v) is 15.4. The summed E-state index contributed by atoms with van der Waals surface area (Å²) in [5.74, 6) is -3.27. The van der Waals surface area contributed by atoms with E-state index in [-0.39, 0.29) is 31.3 Å². The number of amides is 1. The fraction of sp³-hybridized carbons (Fsp3) is 0.681. The summed E-state index contributed by atoms with van der Waals surface area (Å²) in [5, 5.41) is 14.7. The lowest BCUT2D eigenvalue weighted by Crippen LogP contribution is -2.74. The first-order valence-electron chi connectivity index (χ1n) is 22.2. The molecule has 9 bridgehead atoms. The van der Waals surface area contributed by atoms with Crippen LogP contribution in [0, 0.1) is 28.6 Å². The van der Waals surface area contributed by atoms with E-state index in [1.54, 1.807) is 89.6 Å². The van der Waals surface area contributed by atoms with Gasteiger partial charge in [0.1, 0.15) is 42.6 Å². The molecule has 7 aliphatic rings. The fourth-order valence-electron chi connectivity index (χ4n) is 13.7. The Bertz CT molecular complexity index is 2020. The molecule has 16 atom stereocenters. The molecule has 1 amide bonds. The number of aliphatic hydroxyl groups is 1. The van der Waals surface area contributed by atoms with E-state index in [0.717, 1.165) is 6.42 Å². The average molecular weight is 879 g/mol. The van der Waals surface area contributed by atoms with Crippen LogP contribution < -0.4 is 5.32 Å². The SMILES string of the molecule is CCN1C[C@]2(C)CC[C@H](OC)[C@@]34[C@H](OC(=O)c5ccccc5)[C@@H]5[C@H]6C(OC)O[C@@H]5[C@@]5(C[C@@H]6OC(=O)[C@H](O)[C@@H](NC(=O)OC(C)(C)C)c6ccccc6)OCO[C@]5([C@@H](OCOC)[C@H]23)[C@@H]14. The van der Waals surface area contributed by atoms with Gasteiger partial charge in [0.2, 0.25) is 0 Å². The van der Waals surface area contributed by atoms with E-state index >= 15 is 0 Å². The molecule has 0 radical (unpaired) electrons. The van der Waals surface area contributed by atoms with Gasteiger partial charge in [-0.3, -0.25) is 4.90 Å². The van der Waals surface area contributed by atoms with Crippen LogP contribution in [0.4, 0.5) is 4.79 Å². The van der Waals surface area contributed by atoms with E-state index in [1.165, 1.54) is 7.11 Å². The van der Waals surface area contributed by atoms with Gasteiger partial charge in [-0.1, -0.05) is 62.4 Å². The van der Waals surface area contributed by atoms with Crippen molar-refractivity contribution < 1.29 is 66.9 Å². The quantitative estimate of drug-likeness (QED) is 0.165. The Morgan fingerprint density at radius 1 is 0.952 bits per heavy atom. The van der Waals surface area contributed by atoms with Gasteiger partial charge >= 0.3 is 18.0 Å². The normalized spacial score (nSPS) is 40.6. The molecule has 2 N–H and O–H groups in total.